The number of hydrogen-bond donors (Lipinski definition) is 0. The Labute approximate surface area is 119 Å². The van der Waals surface area contributed by atoms with E-state index in [2.05, 4.69) is 15.9 Å². The van der Waals surface area contributed by atoms with Gasteiger partial charge in [-0.25, -0.2) is 0 Å². The van der Waals surface area contributed by atoms with Crippen LogP contribution in [0.5, 0.6) is 5.75 Å². The number of rotatable bonds is 5. The van der Waals surface area contributed by atoms with E-state index in [-0.39, 0.29) is 5.78 Å². The third-order valence-electron chi connectivity index (χ3n) is 2.39. The first kappa shape index (κ1) is 13.3. The molecule has 2 nitrogen and oxygen atoms in total. The smallest absolute Gasteiger partial charge is 0.206 e. The predicted octanol–water partition coefficient (Wildman–Crippen LogP) is 4.53. The molecule has 0 amide bonds. The van der Waals surface area contributed by atoms with E-state index in [4.69, 9.17) is 4.74 Å². The van der Waals surface area contributed by atoms with Crippen molar-refractivity contribution < 1.29 is 9.53 Å². The fourth-order valence-corrected chi connectivity index (χ4v) is 2.90. The number of ether oxygens (including phenoxy) is 1. The molecular weight excluding hydrogens is 312 g/mol. The number of ketones is 1. The average molecular weight is 325 g/mol. The molecule has 2 rings (SSSR count). The summed E-state index contributed by atoms with van der Waals surface area (Å²) in [5, 5.41) is 0. The third-order valence-corrected chi connectivity index (χ3v) is 4.01. The van der Waals surface area contributed by atoms with Crippen molar-refractivity contribution in [3.63, 3.8) is 0 Å². The lowest BCUT2D eigenvalue weighted by Crippen LogP contribution is -2.04. The maximum atomic E-state index is 12.4. The highest BCUT2D eigenvalue weighted by molar-refractivity contribution is 9.11. The molecular formula is C14H13BrO2S. The van der Waals surface area contributed by atoms with Gasteiger partial charge in [-0.1, -0.05) is 19.1 Å². The zero-order valence-corrected chi connectivity index (χ0v) is 12.4. The Kier molecular flexibility index (Phi) is 4.55. The maximum Gasteiger partial charge on any atom is 0.206 e. The Hall–Kier alpha value is -1.13. The molecule has 0 aliphatic rings. The minimum Gasteiger partial charge on any atom is -0.493 e. The minimum atomic E-state index is 0.0115. The average Bonchev–Trinajstić information content (AvgIpc) is 2.82. The normalized spacial score (nSPS) is 10.3. The van der Waals surface area contributed by atoms with E-state index in [9.17, 15) is 4.79 Å². The molecule has 0 atom stereocenters. The van der Waals surface area contributed by atoms with Gasteiger partial charge in [0.1, 0.15) is 5.75 Å². The summed E-state index contributed by atoms with van der Waals surface area (Å²) in [7, 11) is 0. The van der Waals surface area contributed by atoms with Crippen LogP contribution >= 0.6 is 27.3 Å². The highest BCUT2D eigenvalue weighted by Crippen LogP contribution is 2.27. The van der Waals surface area contributed by atoms with Gasteiger partial charge in [-0.3, -0.25) is 4.79 Å². The first-order chi connectivity index (χ1) is 8.72. The van der Waals surface area contributed by atoms with Crippen LogP contribution in [-0.4, -0.2) is 12.4 Å². The highest BCUT2D eigenvalue weighted by atomic mass is 79.9. The molecule has 0 spiro atoms. The molecule has 2 aromatic rings. The van der Waals surface area contributed by atoms with Crippen LogP contribution < -0.4 is 4.74 Å². The van der Waals surface area contributed by atoms with Crippen LogP contribution in [0, 0.1) is 0 Å². The summed E-state index contributed by atoms with van der Waals surface area (Å²) in [5.41, 5.74) is 0.625. The second-order valence-electron chi connectivity index (χ2n) is 3.78. The molecule has 18 heavy (non-hydrogen) atoms. The van der Waals surface area contributed by atoms with Crippen molar-refractivity contribution in [3.8, 4) is 5.75 Å². The van der Waals surface area contributed by atoms with E-state index in [0.717, 1.165) is 15.1 Å². The number of para-hydroxylation sites is 1. The summed E-state index contributed by atoms with van der Waals surface area (Å²) in [6.45, 7) is 2.67. The topological polar surface area (TPSA) is 26.3 Å². The zero-order valence-electron chi connectivity index (χ0n) is 9.98. The van der Waals surface area contributed by atoms with Gasteiger partial charge in [0.15, 0.2) is 0 Å². The Balaban J connectivity index is 2.29. The van der Waals surface area contributed by atoms with Crippen LogP contribution in [0.4, 0.5) is 0 Å². The van der Waals surface area contributed by atoms with Crippen LogP contribution in [0.15, 0.2) is 40.2 Å². The van der Waals surface area contributed by atoms with Crippen LogP contribution in [0.2, 0.25) is 0 Å². The zero-order chi connectivity index (χ0) is 13.0. The van der Waals surface area contributed by atoms with E-state index < -0.39 is 0 Å². The number of halogens is 1. The van der Waals surface area contributed by atoms with Crippen molar-refractivity contribution in [2.24, 2.45) is 0 Å². The van der Waals surface area contributed by atoms with Gasteiger partial charge in [0.25, 0.3) is 0 Å². The fourth-order valence-electron chi connectivity index (χ4n) is 1.56. The quantitative estimate of drug-likeness (QED) is 0.755. The van der Waals surface area contributed by atoms with Crippen molar-refractivity contribution in [1.82, 2.24) is 0 Å². The molecule has 0 aliphatic carbocycles. The van der Waals surface area contributed by atoms with Crippen molar-refractivity contribution >= 4 is 33.0 Å². The molecule has 0 N–H and O–H groups in total. The van der Waals surface area contributed by atoms with Crippen LogP contribution in [0.1, 0.15) is 28.6 Å². The van der Waals surface area contributed by atoms with Crippen molar-refractivity contribution in [2.45, 2.75) is 13.3 Å². The Morgan fingerprint density at radius 2 is 2.06 bits per heavy atom. The number of carbonyl (C=O) groups excluding carboxylic acids is 1. The van der Waals surface area contributed by atoms with Gasteiger partial charge in [0.2, 0.25) is 5.78 Å². The van der Waals surface area contributed by atoms with Gasteiger partial charge < -0.3 is 4.74 Å². The molecule has 1 aromatic heterocycles. The van der Waals surface area contributed by atoms with Gasteiger partial charge in [-0.15, -0.1) is 11.3 Å². The van der Waals surface area contributed by atoms with Gasteiger partial charge in [0.05, 0.1) is 20.8 Å². The summed E-state index contributed by atoms with van der Waals surface area (Å²) in [6, 6.07) is 11.1. The van der Waals surface area contributed by atoms with Crippen LogP contribution in [-0.2, 0) is 0 Å². The SMILES string of the molecule is CCCOc1ccccc1C(=O)c1ccc(Br)s1. The highest BCUT2D eigenvalue weighted by Gasteiger charge is 2.15. The van der Waals surface area contributed by atoms with E-state index in [1.807, 2.05) is 37.3 Å². The van der Waals surface area contributed by atoms with Crippen molar-refractivity contribution in [2.75, 3.05) is 6.61 Å². The molecule has 0 fully saturated rings. The first-order valence-electron chi connectivity index (χ1n) is 5.74. The molecule has 1 aromatic carbocycles. The predicted molar refractivity (Wildman–Crippen MR) is 77.7 cm³/mol. The van der Waals surface area contributed by atoms with Crippen LogP contribution in [0.3, 0.4) is 0 Å². The summed E-state index contributed by atoms with van der Waals surface area (Å²) < 4.78 is 6.56. The standard InChI is InChI=1S/C14H13BrO2S/c1-2-9-17-11-6-4-3-5-10(11)14(16)12-7-8-13(15)18-12/h3-8H,2,9H2,1H3. The number of hydrogen-bond acceptors (Lipinski definition) is 3. The minimum absolute atomic E-state index is 0.0115. The number of benzene rings is 1. The van der Waals surface area contributed by atoms with Crippen LogP contribution in [0.25, 0.3) is 0 Å². The molecule has 0 aliphatic heterocycles. The van der Waals surface area contributed by atoms with Gasteiger partial charge in [-0.2, -0.15) is 0 Å². The molecule has 4 heteroatoms. The lowest BCUT2D eigenvalue weighted by atomic mass is 10.1. The molecule has 94 valence electrons. The van der Waals surface area contributed by atoms with Crippen molar-refractivity contribution in [3.05, 3.63) is 50.6 Å². The maximum absolute atomic E-state index is 12.4. The van der Waals surface area contributed by atoms with Gasteiger partial charge in [0, 0.05) is 0 Å². The molecule has 0 unspecified atom stereocenters. The number of carbonyl (C=O) groups is 1. The van der Waals surface area contributed by atoms with E-state index in [1.165, 1.54) is 11.3 Å². The second-order valence-corrected chi connectivity index (χ2v) is 6.24. The third kappa shape index (κ3) is 3.00. The molecule has 0 radical (unpaired) electrons. The fraction of sp³-hybridized carbons (Fsp3) is 0.214. The largest absolute Gasteiger partial charge is 0.493 e. The van der Waals surface area contributed by atoms with Gasteiger partial charge >= 0.3 is 0 Å². The van der Waals surface area contributed by atoms with E-state index >= 15 is 0 Å². The number of thiophene rings is 1. The second kappa shape index (κ2) is 6.16. The monoisotopic (exact) mass is 324 g/mol. The summed E-state index contributed by atoms with van der Waals surface area (Å²) in [6.07, 6.45) is 0.924. The van der Waals surface area contributed by atoms with E-state index in [1.54, 1.807) is 6.07 Å². The lowest BCUT2D eigenvalue weighted by molar-refractivity contribution is 0.103. The Morgan fingerprint density at radius 3 is 2.72 bits per heavy atom. The van der Waals surface area contributed by atoms with E-state index in [0.29, 0.717) is 17.9 Å². The lowest BCUT2D eigenvalue weighted by Gasteiger charge is -2.08. The van der Waals surface area contributed by atoms with Gasteiger partial charge in [-0.05, 0) is 46.6 Å². The Morgan fingerprint density at radius 1 is 1.28 bits per heavy atom. The molecule has 0 saturated heterocycles. The van der Waals surface area contributed by atoms with Crippen molar-refractivity contribution in [1.29, 1.82) is 0 Å². The summed E-state index contributed by atoms with van der Waals surface area (Å²) in [4.78, 5) is 13.1. The first-order valence-corrected chi connectivity index (χ1v) is 7.35. The summed E-state index contributed by atoms with van der Waals surface area (Å²) >= 11 is 4.80. The molecule has 0 bridgehead atoms. The Bertz CT molecular complexity index is 548. The summed E-state index contributed by atoms with van der Waals surface area (Å²) in [5.74, 6) is 0.672. The molecule has 1 heterocycles. The molecule has 0 saturated carbocycles.